The molecule has 1 aliphatic heterocycles. The molecule has 0 saturated carbocycles. The van der Waals surface area contributed by atoms with E-state index in [4.69, 9.17) is 31.4 Å². The van der Waals surface area contributed by atoms with Gasteiger partial charge in [0, 0.05) is 50.4 Å². The lowest BCUT2D eigenvalue weighted by Gasteiger charge is -2.34. The van der Waals surface area contributed by atoms with Crippen LogP contribution in [-0.2, 0) is 0 Å². The maximum Gasteiger partial charge on any atom is 0.170 e. The summed E-state index contributed by atoms with van der Waals surface area (Å²) in [5.41, 5.74) is 12.4. The van der Waals surface area contributed by atoms with E-state index < -0.39 is 0 Å². The van der Waals surface area contributed by atoms with Gasteiger partial charge in [0.05, 0.1) is 13.2 Å². The van der Waals surface area contributed by atoms with E-state index in [0.717, 1.165) is 63.6 Å². The zero-order chi connectivity index (χ0) is 24.2. The van der Waals surface area contributed by atoms with Crippen LogP contribution < -0.4 is 20.9 Å². The van der Waals surface area contributed by atoms with Crippen LogP contribution in [0.4, 0.5) is 0 Å². The molecule has 10 nitrogen and oxygen atoms in total. The summed E-state index contributed by atoms with van der Waals surface area (Å²) in [7, 11) is 0. The Hall–Kier alpha value is -3.50. The molecule has 0 spiro atoms. The molecule has 0 bridgehead atoms. The van der Waals surface area contributed by atoms with E-state index in [1.54, 1.807) is 24.3 Å². The van der Waals surface area contributed by atoms with E-state index in [1.807, 2.05) is 24.3 Å². The highest BCUT2D eigenvalue weighted by Gasteiger charge is 2.16. The van der Waals surface area contributed by atoms with Gasteiger partial charge in [-0.2, -0.15) is 0 Å². The van der Waals surface area contributed by atoms with Crippen molar-refractivity contribution in [2.45, 2.75) is 12.8 Å². The Morgan fingerprint density at radius 1 is 0.676 bits per heavy atom. The van der Waals surface area contributed by atoms with Crippen molar-refractivity contribution in [1.82, 2.24) is 9.80 Å². The molecular formula is C24H34N6O4. The van der Waals surface area contributed by atoms with Gasteiger partial charge in [0.1, 0.15) is 11.5 Å². The Labute approximate surface area is 200 Å². The Bertz CT molecular complexity index is 848. The number of nitrogens with zero attached hydrogens (tertiary/aromatic N) is 4. The van der Waals surface area contributed by atoms with Crippen LogP contribution in [-0.4, -0.2) is 84.4 Å². The molecule has 2 aromatic rings. The monoisotopic (exact) mass is 470 g/mol. The first-order valence-corrected chi connectivity index (χ1v) is 11.5. The van der Waals surface area contributed by atoms with Gasteiger partial charge in [-0.1, -0.05) is 10.3 Å². The van der Waals surface area contributed by atoms with Gasteiger partial charge >= 0.3 is 0 Å². The summed E-state index contributed by atoms with van der Waals surface area (Å²) in [6.45, 7) is 7.58. The molecule has 0 amide bonds. The molecule has 0 atom stereocenters. The number of rotatable bonds is 12. The molecule has 10 heteroatoms. The molecular weight excluding hydrogens is 436 g/mol. The first-order chi connectivity index (χ1) is 16.6. The van der Waals surface area contributed by atoms with Crippen molar-refractivity contribution in [1.29, 1.82) is 0 Å². The predicted molar refractivity (Wildman–Crippen MR) is 131 cm³/mol. The van der Waals surface area contributed by atoms with Gasteiger partial charge in [0.25, 0.3) is 0 Å². The highest BCUT2D eigenvalue weighted by atomic mass is 16.5. The van der Waals surface area contributed by atoms with Crippen molar-refractivity contribution in [3.8, 4) is 11.5 Å². The zero-order valence-corrected chi connectivity index (χ0v) is 19.3. The van der Waals surface area contributed by atoms with Crippen molar-refractivity contribution in [2.24, 2.45) is 21.8 Å². The SMILES string of the molecule is N/C(=N\O)c1ccc(OCCCN2CCN(CCCOc3ccc(/C(N)=N\O)cc3)CC2)cc1. The molecule has 0 aromatic heterocycles. The van der Waals surface area contributed by atoms with Crippen LogP contribution in [0.3, 0.4) is 0 Å². The number of amidine groups is 2. The summed E-state index contributed by atoms with van der Waals surface area (Å²) >= 11 is 0. The molecule has 1 heterocycles. The molecule has 34 heavy (non-hydrogen) atoms. The maximum absolute atomic E-state index is 8.70. The van der Waals surface area contributed by atoms with Gasteiger partial charge in [-0.15, -0.1) is 0 Å². The fourth-order valence-electron chi connectivity index (χ4n) is 3.75. The van der Waals surface area contributed by atoms with Crippen molar-refractivity contribution >= 4 is 11.7 Å². The summed E-state index contributed by atoms with van der Waals surface area (Å²) in [5.74, 6) is 1.73. The highest BCUT2D eigenvalue weighted by Crippen LogP contribution is 2.14. The van der Waals surface area contributed by atoms with Crippen molar-refractivity contribution in [3.63, 3.8) is 0 Å². The van der Waals surface area contributed by atoms with E-state index >= 15 is 0 Å². The first kappa shape index (κ1) is 25.1. The third-order valence-corrected chi connectivity index (χ3v) is 5.76. The summed E-state index contributed by atoms with van der Waals surface area (Å²) in [5, 5.41) is 23.4. The van der Waals surface area contributed by atoms with Gasteiger partial charge in [-0.05, 0) is 61.4 Å². The minimum atomic E-state index is 0.0876. The molecule has 2 aromatic carbocycles. The number of nitrogens with two attached hydrogens (primary N) is 2. The fraction of sp³-hybridized carbons (Fsp3) is 0.417. The number of benzene rings is 2. The van der Waals surface area contributed by atoms with E-state index in [0.29, 0.717) is 24.3 Å². The normalized spacial score (nSPS) is 15.9. The predicted octanol–water partition coefficient (Wildman–Crippen LogP) is 1.73. The van der Waals surface area contributed by atoms with E-state index in [2.05, 4.69) is 20.1 Å². The van der Waals surface area contributed by atoms with Crippen LogP contribution >= 0.6 is 0 Å². The molecule has 0 aliphatic carbocycles. The second-order valence-corrected chi connectivity index (χ2v) is 8.11. The number of ether oxygens (including phenoxy) is 2. The molecule has 1 saturated heterocycles. The summed E-state index contributed by atoms with van der Waals surface area (Å²) < 4.78 is 11.6. The third-order valence-electron chi connectivity index (χ3n) is 5.76. The third kappa shape index (κ3) is 7.82. The van der Waals surface area contributed by atoms with Crippen LogP contribution in [0.15, 0.2) is 58.8 Å². The van der Waals surface area contributed by atoms with Gasteiger partial charge in [0.15, 0.2) is 11.7 Å². The summed E-state index contributed by atoms with van der Waals surface area (Å²) in [6, 6.07) is 14.4. The highest BCUT2D eigenvalue weighted by molar-refractivity contribution is 5.97. The second-order valence-electron chi connectivity index (χ2n) is 8.11. The number of piperazine rings is 1. The maximum atomic E-state index is 8.70. The Kier molecular flexibility index (Phi) is 9.80. The van der Waals surface area contributed by atoms with Gasteiger partial charge in [-0.25, -0.2) is 0 Å². The van der Waals surface area contributed by atoms with Crippen LogP contribution in [0.5, 0.6) is 11.5 Å². The number of hydrogen-bond acceptors (Lipinski definition) is 8. The van der Waals surface area contributed by atoms with Gasteiger partial charge in [0.2, 0.25) is 0 Å². The average molecular weight is 471 g/mol. The van der Waals surface area contributed by atoms with Gasteiger partial charge in [-0.3, -0.25) is 0 Å². The smallest absolute Gasteiger partial charge is 0.170 e. The van der Waals surface area contributed by atoms with E-state index in [-0.39, 0.29) is 11.7 Å². The minimum absolute atomic E-state index is 0.0876. The molecule has 1 aliphatic rings. The fourth-order valence-corrected chi connectivity index (χ4v) is 3.75. The molecule has 0 unspecified atom stereocenters. The number of hydrogen-bond donors (Lipinski definition) is 4. The lowest BCUT2D eigenvalue weighted by atomic mass is 10.2. The molecule has 6 N–H and O–H groups in total. The van der Waals surface area contributed by atoms with Crippen molar-refractivity contribution in [2.75, 3.05) is 52.5 Å². The molecule has 1 fully saturated rings. The summed E-state index contributed by atoms with van der Waals surface area (Å²) in [6.07, 6.45) is 1.93. The number of oxime groups is 2. The molecule has 0 radical (unpaired) electrons. The summed E-state index contributed by atoms with van der Waals surface area (Å²) in [4.78, 5) is 4.95. The van der Waals surface area contributed by atoms with Crippen LogP contribution in [0, 0.1) is 0 Å². The zero-order valence-electron chi connectivity index (χ0n) is 19.3. The first-order valence-electron chi connectivity index (χ1n) is 11.5. The quantitative estimate of drug-likeness (QED) is 0.121. The van der Waals surface area contributed by atoms with Crippen molar-refractivity contribution in [3.05, 3.63) is 59.7 Å². The lowest BCUT2D eigenvalue weighted by Crippen LogP contribution is -2.47. The van der Waals surface area contributed by atoms with Crippen LogP contribution in [0.1, 0.15) is 24.0 Å². The Balaban J connectivity index is 1.23. The molecule has 184 valence electrons. The Morgan fingerprint density at radius 2 is 1.03 bits per heavy atom. The Morgan fingerprint density at radius 3 is 1.35 bits per heavy atom. The largest absolute Gasteiger partial charge is 0.494 e. The second kappa shape index (κ2) is 13.3. The van der Waals surface area contributed by atoms with Crippen LogP contribution in [0.25, 0.3) is 0 Å². The van der Waals surface area contributed by atoms with E-state index in [1.165, 1.54) is 0 Å². The van der Waals surface area contributed by atoms with E-state index in [9.17, 15) is 0 Å². The standard InChI is InChI=1S/C24H34N6O4/c25-23(27-31)19-3-7-21(8-4-19)33-17-1-11-29-13-15-30(16-14-29)12-2-18-34-22-9-5-20(6-10-22)24(26)28-32/h3-10,31-32H,1-2,11-18H2,(H2,25,27)(H2,26,28). The lowest BCUT2D eigenvalue weighted by molar-refractivity contribution is 0.120. The molecule has 3 rings (SSSR count). The van der Waals surface area contributed by atoms with Gasteiger partial charge < -0.3 is 41.2 Å². The average Bonchev–Trinajstić information content (AvgIpc) is 2.89. The van der Waals surface area contributed by atoms with Crippen LogP contribution in [0.2, 0.25) is 0 Å². The topological polar surface area (TPSA) is 142 Å². The minimum Gasteiger partial charge on any atom is -0.494 e. The van der Waals surface area contributed by atoms with Crippen molar-refractivity contribution < 1.29 is 19.9 Å².